The van der Waals surface area contributed by atoms with E-state index in [1.807, 2.05) is 32.0 Å². The van der Waals surface area contributed by atoms with Crippen molar-refractivity contribution in [1.29, 1.82) is 0 Å². The standard InChI is InChI=1S/C24H32N2O3S2/c1-17(2)29-19-8-10-21-24(15-19)30-23-11-9-20(31(4,27)28)16-22(23)26(21)14-12-18-7-5-6-13-25(18)3/h8-11,15-18H,5-7,12-14H2,1-4H3. The highest BCUT2D eigenvalue weighted by Crippen LogP contribution is 2.50. The van der Waals surface area contributed by atoms with Gasteiger partial charge in [-0.05, 0) is 83.1 Å². The first-order valence-electron chi connectivity index (χ1n) is 11.0. The summed E-state index contributed by atoms with van der Waals surface area (Å²) in [5.74, 6) is 0.865. The Labute approximate surface area is 190 Å². The minimum absolute atomic E-state index is 0.120. The van der Waals surface area contributed by atoms with Gasteiger partial charge in [-0.3, -0.25) is 0 Å². The summed E-state index contributed by atoms with van der Waals surface area (Å²) in [6.45, 7) is 6.07. The summed E-state index contributed by atoms with van der Waals surface area (Å²) in [5, 5.41) is 0. The average Bonchev–Trinajstić information content (AvgIpc) is 2.70. The molecule has 0 amide bonds. The van der Waals surface area contributed by atoms with Gasteiger partial charge in [0.15, 0.2) is 9.84 Å². The van der Waals surface area contributed by atoms with Crippen LogP contribution in [-0.2, 0) is 9.84 Å². The van der Waals surface area contributed by atoms with Gasteiger partial charge in [0.05, 0.1) is 22.4 Å². The van der Waals surface area contributed by atoms with Gasteiger partial charge in [-0.15, -0.1) is 0 Å². The molecule has 168 valence electrons. The predicted octanol–water partition coefficient (Wildman–Crippen LogP) is 5.35. The van der Waals surface area contributed by atoms with Crippen LogP contribution in [0.25, 0.3) is 0 Å². The first-order chi connectivity index (χ1) is 14.7. The Bertz CT molecular complexity index is 1050. The van der Waals surface area contributed by atoms with Crippen molar-refractivity contribution in [2.75, 3.05) is 31.3 Å². The second-order valence-electron chi connectivity index (χ2n) is 8.87. The number of ether oxygens (including phenoxy) is 1. The molecule has 0 N–H and O–H groups in total. The van der Waals surface area contributed by atoms with Crippen LogP contribution in [0.1, 0.15) is 39.5 Å². The first kappa shape index (κ1) is 22.5. The normalized spacial score (nSPS) is 19.3. The molecular formula is C24H32N2O3S2. The number of likely N-dealkylation sites (tertiary alicyclic amines) is 1. The van der Waals surface area contributed by atoms with Crippen molar-refractivity contribution < 1.29 is 13.2 Å². The summed E-state index contributed by atoms with van der Waals surface area (Å²) in [6.07, 6.45) is 6.22. The Morgan fingerprint density at radius 2 is 1.90 bits per heavy atom. The summed E-state index contributed by atoms with van der Waals surface area (Å²) in [4.78, 5) is 7.37. The highest BCUT2D eigenvalue weighted by atomic mass is 32.2. The molecule has 0 bridgehead atoms. The lowest BCUT2D eigenvalue weighted by molar-refractivity contribution is 0.178. The maximum absolute atomic E-state index is 12.2. The predicted molar refractivity (Wildman–Crippen MR) is 128 cm³/mol. The summed E-state index contributed by atoms with van der Waals surface area (Å²) >= 11 is 1.68. The molecule has 0 radical (unpaired) electrons. The molecule has 1 fully saturated rings. The lowest BCUT2D eigenvalue weighted by Crippen LogP contribution is -2.38. The van der Waals surface area contributed by atoms with Gasteiger partial charge in [-0.2, -0.15) is 0 Å². The van der Waals surface area contributed by atoms with E-state index in [4.69, 9.17) is 4.74 Å². The zero-order chi connectivity index (χ0) is 22.2. The number of fused-ring (bicyclic) bond motifs is 2. The Morgan fingerprint density at radius 3 is 2.61 bits per heavy atom. The lowest BCUT2D eigenvalue weighted by Gasteiger charge is -2.37. The van der Waals surface area contributed by atoms with E-state index in [9.17, 15) is 8.42 Å². The lowest BCUT2D eigenvalue weighted by atomic mass is 9.99. The van der Waals surface area contributed by atoms with Gasteiger partial charge in [-0.25, -0.2) is 8.42 Å². The fourth-order valence-electron chi connectivity index (χ4n) is 4.45. The maximum Gasteiger partial charge on any atom is 0.175 e. The van der Waals surface area contributed by atoms with E-state index in [0.717, 1.165) is 46.4 Å². The number of hydrogen-bond donors (Lipinski definition) is 0. The van der Waals surface area contributed by atoms with Crippen LogP contribution >= 0.6 is 11.8 Å². The van der Waals surface area contributed by atoms with E-state index in [-0.39, 0.29) is 6.10 Å². The Hall–Kier alpha value is -1.70. The van der Waals surface area contributed by atoms with Crippen molar-refractivity contribution in [3.63, 3.8) is 0 Å². The fraction of sp³-hybridized carbons (Fsp3) is 0.500. The minimum Gasteiger partial charge on any atom is -0.491 e. The molecule has 0 aliphatic carbocycles. The van der Waals surface area contributed by atoms with Gasteiger partial charge in [0, 0.05) is 28.6 Å². The van der Waals surface area contributed by atoms with Crippen LogP contribution in [-0.4, -0.2) is 51.9 Å². The summed E-state index contributed by atoms with van der Waals surface area (Å²) in [5.41, 5.74) is 2.11. The monoisotopic (exact) mass is 460 g/mol. The van der Waals surface area contributed by atoms with Gasteiger partial charge in [0.1, 0.15) is 5.75 Å². The molecule has 2 aliphatic heterocycles. The molecule has 0 spiro atoms. The Morgan fingerprint density at radius 1 is 1.10 bits per heavy atom. The number of piperidine rings is 1. The smallest absolute Gasteiger partial charge is 0.175 e. The van der Waals surface area contributed by atoms with Gasteiger partial charge in [-0.1, -0.05) is 18.2 Å². The van der Waals surface area contributed by atoms with E-state index < -0.39 is 9.84 Å². The third kappa shape index (κ3) is 5.04. The van der Waals surface area contributed by atoms with Gasteiger partial charge in [0.2, 0.25) is 0 Å². The SMILES string of the molecule is CC(C)Oc1ccc2c(c1)Sc1ccc(S(C)(=O)=O)cc1N2CCC1CCCCN1C. The number of anilines is 2. The van der Waals surface area contributed by atoms with Crippen molar-refractivity contribution in [3.05, 3.63) is 36.4 Å². The zero-order valence-electron chi connectivity index (χ0n) is 18.8. The molecular weight excluding hydrogens is 428 g/mol. The highest BCUT2D eigenvalue weighted by Gasteiger charge is 2.27. The molecule has 5 nitrogen and oxygen atoms in total. The third-order valence-electron chi connectivity index (χ3n) is 6.07. The van der Waals surface area contributed by atoms with Crippen LogP contribution in [0.4, 0.5) is 11.4 Å². The molecule has 2 heterocycles. The number of benzene rings is 2. The number of rotatable bonds is 6. The van der Waals surface area contributed by atoms with Gasteiger partial charge < -0.3 is 14.5 Å². The highest BCUT2D eigenvalue weighted by molar-refractivity contribution is 7.99. The van der Waals surface area contributed by atoms with Crippen LogP contribution in [0.2, 0.25) is 0 Å². The second-order valence-corrected chi connectivity index (χ2v) is 12.0. The van der Waals surface area contributed by atoms with E-state index >= 15 is 0 Å². The zero-order valence-corrected chi connectivity index (χ0v) is 20.4. The average molecular weight is 461 g/mol. The first-order valence-corrected chi connectivity index (χ1v) is 13.7. The molecule has 1 saturated heterocycles. The van der Waals surface area contributed by atoms with Crippen molar-refractivity contribution in [1.82, 2.24) is 4.90 Å². The molecule has 0 aromatic heterocycles. The molecule has 2 aliphatic rings. The Kier molecular flexibility index (Phi) is 6.56. The molecule has 4 rings (SSSR count). The molecule has 1 atom stereocenters. The topological polar surface area (TPSA) is 49.9 Å². The van der Waals surface area contributed by atoms with Crippen molar-refractivity contribution >= 4 is 33.0 Å². The van der Waals surface area contributed by atoms with Crippen LogP contribution < -0.4 is 9.64 Å². The molecule has 31 heavy (non-hydrogen) atoms. The van der Waals surface area contributed by atoms with Crippen LogP contribution in [0.5, 0.6) is 5.75 Å². The van der Waals surface area contributed by atoms with Crippen molar-refractivity contribution in [2.24, 2.45) is 0 Å². The van der Waals surface area contributed by atoms with Crippen molar-refractivity contribution in [3.8, 4) is 5.75 Å². The molecule has 7 heteroatoms. The van der Waals surface area contributed by atoms with Crippen LogP contribution in [0.15, 0.2) is 51.1 Å². The quantitative estimate of drug-likeness (QED) is 0.579. The summed E-state index contributed by atoms with van der Waals surface area (Å²) < 4.78 is 30.4. The van der Waals surface area contributed by atoms with Gasteiger partial charge >= 0.3 is 0 Å². The van der Waals surface area contributed by atoms with E-state index in [0.29, 0.717) is 10.9 Å². The summed E-state index contributed by atoms with van der Waals surface area (Å²) in [6, 6.07) is 12.3. The molecule has 2 aromatic carbocycles. The van der Waals surface area contributed by atoms with E-state index in [1.54, 1.807) is 17.8 Å². The maximum atomic E-state index is 12.2. The summed E-state index contributed by atoms with van der Waals surface area (Å²) in [7, 11) is -1.05. The van der Waals surface area contributed by atoms with Crippen molar-refractivity contribution in [2.45, 2.75) is 66.4 Å². The Balaban J connectivity index is 1.70. The number of hydrogen-bond acceptors (Lipinski definition) is 6. The molecule has 0 saturated carbocycles. The van der Waals surface area contributed by atoms with E-state index in [2.05, 4.69) is 29.0 Å². The van der Waals surface area contributed by atoms with E-state index in [1.165, 1.54) is 25.5 Å². The number of sulfone groups is 1. The largest absolute Gasteiger partial charge is 0.491 e. The van der Waals surface area contributed by atoms with Gasteiger partial charge in [0.25, 0.3) is 0 Å². The fourth-order valence-corrected chi connectivity index (χ4v) is 6.19. The number of nitrogens with zero attached hydrogens (tertiary/aromatic N) is 2. The van der Waals surface area contributed by atoms with Crippen LogP contribution in [0, 0.1) is 0 Å². The molecule has 2 aromatic rings. The molecule has 1 unspecified atom stereocenters. The van der Waals surface area contributed by atoms with Crippen LogP contribution in [0.3, 0.4) is 0 Å². The third-order valence-corrected chi connectivity index (χ3v) is 8.29. The second kappa shape index (κ2) is 9.04. The minimum atomic E-state index is -3.27.